The first kappa shape index (κ1) is 32.4. The van der Waals surface area contributed by atoms with Gasteiger partial charge in [0.05, 0.1) is 38.1 Å². The Morgan fingerprint density at radius 1 is 1.05 bits per heavy atom. The number of anilines is 1. The minimum Gasteiger partial charge on any atom is -0.493 e. The predicted molar refractivity (Wildman–Crippen MR) is 164 cm³/mol. The summed E-state index contributed by atoms with van der Waals surface area (Å²) in [5.41, 5.74) is 8.42. The van der Waals surface area contributed by atoms with Crippen molar-refractivity contribution in [2.75, 3.05) is 45.7 Å². The first-order chi connectivity index (χ1) is 20.4. The SMILES string of the molecule is CCCNCCNCC(=O)c1ccc(C(C=O)Oc2ccc(C#N)cc2)cc1.COc1cc2c(cc1OC)SC(N)N2. The summed E-state index contributed by atoms with van der Waals surface area (Å²) in [6.45, 7) is 4.91. The van der Waals surface area contributed by atoms with Gasteiger partial charge in [-0.15, -0.1) is 0 Å². The van der Waals surface area contributed by atoms with Crippen LogP contribution in [-0.2, 0) is 4.79 Å². The van der Waals surface area contributed by atoms with Crippen LogP contribution in [0.15, 0.2) is 65.6 Å². The van der Waals surface area contributed by atoms with Crippen molar-refractivity contribution in [1.82, 2.24) is 10.6 Å². The molecule has 11 heteroatoms. The van der Waals surface area contributed by atoms with Crippen LogP contribution in [0.5, 0.6) is 17.2 Å². The minimum absolute atomic E-state index is 0.00212. The number of nitrogens with two attached hydrogens (primary N) is 1. The van der Waals surface area contributed by atoms with Gasteiger partial charge in [0, 0.05) is 29.6 Å². The zero-order valence-electron chi connectivity index (χ0n) is 24.0. The van der Waals surface area contributed by atoms with Gasteiger partial charge in [0.15, 0.2) is 29.7 Å². The molecule has 0 aromatic heterocycles. The van der Waals surface area contributed by atoms with Crippen LogP contribution < -0.4 is 35.9 Å². The average molecular weight is 592 g/mol. The highest BCUT2D eigenvalue weighted by molar-refractivity contribution is 8.00. The zero-order valence-corrected chi connectivity index (χ0v) is 24.8. The number of hydrogen-bond acceptors (Lipinski definition) is 11. The van der Waals surface area contributed by atoms with Gasteiger partial charge in [-0.2, -0.15) is 5.26 Å². The van der Waals surface area contributed by atoms with Crippen LogP contribution in [0.4, 0.5) is 5.69 Å². The molecule has 0 spiro atoms. The molecule has 3 aromatic rings. The lowest BCUT2D eigenvalue weighted by atomic mass is 10.0. The lowest BCUT2D eigenvalue weighted by Gasteiger charge is -2.14. The summed E-state index contributed by atoms with van der Waals surface area (Å²) in [7, 11) is 3.24. The number of thioether (sulfide) groups is 1. The molecule has 0 amide bonds. The standard InChI is InChI=1S/C22H25N3O3.C9H12N2O2S/c1-2-11-24-12-13-25-15-21(27)18-5-7-19(8-6-18)22(16-26)28-20-9-3-17(14-23)4-10-20;1-12-6-3-5-8(4-7(6)13-2)14-9(10)11-5/h3-10,16,22,24-25H,2,11-13,15H2,1H3;3-4,9,11H,10H2,1-2H3. The van der Waals surface area contributed by atoms with E-state index in [1.165, 1.54) is 0 Å². The second kappa shape index (κ2) is 17.0. The van der Waals surface area contributed by atoms with E-state index >= 15 is 0 Å². The van der Waals surface area contributed by atoms with Gasteiger partial charge < -0.3 is 35.9 Å². The van der Waals surface area contributed by atoms with Gasteiger partial charge in [0.1, 0.15) is 11.2 Å². The first-order valence-electron chi connectivity index (χ1n) is 13.5. The summed E-state index contributed by atoms with van der Waals surface area (Å²) in [5.74, 6) is 1.94. The fraction of sp³-hybridized carbons (Fsp3) is 0.323. The number of methoxy groups -OCH3 is 2. The molecular weight excluding hydrogens is 554 g/mol. The van der Waals surface area contributed by atoms with E-state index in [4.69, 9.17) is 25.2 Å². The summed E-state index contributed by atoms with van der Waals surface area (Å²) in [6.07, 6.45) is 1.02. The maximum absolute atomic E-state index is 12.2. The van der Waals surface area contributed by atoms with Gasteiger partial charge in [-0.1, -0.05) is 43.0 Å². The highest BCUT2D eigenvalue weighted by Crippen LogP contribution is 2.43. The van der Waals surface area contributed by atoms with Crippen LogP contribution in [0.1, 0.15) is 40.9 Å². The number of benzene rings is 3. The average Bonchev–Trinajstić information content (AvgIpc) is 3.40. The molecule has 3 aromatic carbocycles. The van der Waals surface area contributed by atoms with Crippen molar-refractivity contribution in [3.05, 3.63) is 77.4 Å². The molecule has 0 bridgehead atoms. The van der Waals surface area contributed by atoms with E-state index in [1.54, 1.807) is 74.5 Å². The number of nitrogens with one attached hydrogen (secondary N) is 3. The van der Waals surface area contributed by atoms with Crippen LogP contribution in [-0.4, -0.2) is 58.0 Å². The third-order valence-electron chi connectivity index (χ3n) is 6.16. The fourth-order valence-electron chi connectivity index (χ4n) is 3.96. The summed E-state index contributed by atoms with van der Waals surface area (Å²) >= 11 is 1.57. The van der Waals surface area contributed by atoms with Crippen molar-refractivity contribution in [2.24, 2.45) is 5.73 Å². The fourth-order valence-corrected chi connectivity index (χ4v) is 4.84. The molecule has 1 aliphatic rings. The van der Waals surface area contributed by atoms with Crippen LogP contribution >= 0.6 is 11.8 Å². The van der Waals surface area contributed by atoms with Gasteiger partial charge in [-0.05, 0) is 48.9 Å². The van der Waals surface area contributed by atoms with Crippen LogP contribution in [0.25, 0.3) is 0 Å². The Kier molecular flexibility index (Phi) is 13.1. The second-order valence-corrected chi connectivity index (χ2v) is 10.4. The monoisotopic (exact) mass is 591 g/mol. The van der Waals surface area contributed by atoms with Crippen LogP contribution in [0.2, 0.25) is 0 Å². The number of hydrogen-bond donors (Lipinski definition) is 4. The Morgan fingerprint density at radius 3 is 2.33 bits per heavy atom. The molecule has 222 valence electrons. The largest absolute Gasteiger partial charge is 0.493 e. The van der Waals surface area contributed by atoms with Gasteiger partial charge in [-0.3, -0.25) is 9.59 Å². The van der Waals surface area contributed by atoms with Crippen molar-refractivity contribution in [3.8, 4) is 23.3 Å². The van der Waals surface area contributed by atoms with Crippen molar-refractivity contribution in [2.45, 2.75) is 29.8 Å². The number of ether oxygens (including phenoxy) is 3. The molecule has 1 aliphatic heterocycles. The summed E-state index contributed by atoms with van der Waals surface area (Å²) < 4.78 is 16.1. The normalized spacial score (nSPS) is 13.8. The molecule has 2 unspecified atom stereocenters. The molecule has 0 saturated heterocycles. The molecule has 42 heavy (non-hydrogen) atoms. The van der Waals surface area contributed by atoms with Crippen LogP contribution in [0, 0.1) is 11.3 Å². The van der Waals surface area contributed by atoms with E-state index in [0.717, 1.165) is 42.4 Å². The number of Topliss-reactive ketones (excluding diaryl/α,β-unsaturated/α-hetero) is 1. The number of rotatable bonds is 14. The predicted octanol–water partition coefficient (Wildman–Crippen LogP) is 4.11. The van der Waals surface area contributed by atoms with Crippen LogP contribution in [0.3, 0.4) is 0 Å². The van der Waals surface area contributed by atoms with E-state index in [2.05, 4.69) is 22.9 Å². The number of fused-ring (bicyclic) bond motifs is 1. The summed E-state index contributed by atoms with van der Waals surface area (Å²) in [4.78, 5) is 24.8. The lowest BCUT2D eigenvalue weighted by molar-refractivity contribution is -0.113. The molecular formula is C31H37N5O5S. The Balaban J connectivity index is 0.000000287. The Bertz CT molecular complexity index is 1310. The lowest BCUT2D eigenvalue weighted by Crippen LogP contribution is -2.31. The smallest absolute Gasteiger partial charge is 0.179 e. The van der Waals surface area contributed by atoms with E-state index in [1.807, 2.05) is 18.2 Å². The zero-order chi connectivity index (χ0) is 30.3. The maximum Gasteiger partial charge on any atom is 0.179 e. The highest BCUT2D eigenvalue weighted by atomic mass is 32.2. The number of nitrogens with zero attached hydrogens (tertiary/aromatic N) is 1. The van der Waals surface area contributed by atoms with Crippen molar-refractivity contribution in [3.63, 3.8) is 0 Å². The Hall–Kier alpha value is -4.08. The van der Waals surface area contributed by atoms with Crippen molar-refractivity contribution >= 4 is 29.5 Å². The van der Waals surface area contributed by atoms with Gasteiger partial charge >= 0.3 is 0 Å². The maximum atomic E-state index is 12.2. The molecule has 2 atom stereocenters. The summed E-state index contributed by atoms with van der Waals surface area (Å²) in [5, 5.41) is 18.3. The minimum atomic E-state index is -0.778. The molecule has 0 fully saturated rings. The van der Waals surface area contributed by atoms with E-state index in [9.17, 15) is 9.59 Å². The quantitative estimate of drug-likeness (QED) is 0.122. The first-order valence-corrected chi connectivity index (χ1v) is 14.4. The van der Waals surface area contributed by atoms with Crippen molar-refractivity contribution in [1.29, 1.82) is 5.26 Å². The number of ketones is 1. The topological polar surface area (TPSA) is 148 Å². The van der Waals surface area contributed by atoms with Gasteiger partial charge in [0.25, 0.3) is 0 Å². The summed E-state index contributed by atoms with van der Waals surface area (Å²) in [6, 6.07) is 19.3. The number of carbonyl (C=O) groups excluding carboxylic acids is 2. The molecule has 0 aliphatic carbocycles. The van der Waals surface area contributed by atoms with E-state index in [-0.39, 0.29) is 17.8 Å². The van der Waals surface area contributed by atoms with Crippen molar-refractivity contribution < 1.29 is 23.8 Å². The number of nitriles is 1. The molecule has 0 saturated carbocycles. The molecule has 4 rings (SSSR count). The Morgan fingerprint density at radius 2 is 1.71 bits per heavy atom. The molecule has 5 N–H and O–H groups in total. The third kappa shape index (κ3) is 9.49. The number of aldehydes is 1. The highest BCUT2D eigenvalue weighted by Gasteiger charge is 2.21. The number of carbonyl (C=O) groups is 2. The van der Waals surface area contributed by atoms with Gasteiger partial charge in [-0.25, -0.2) is 0 Å². The third-order valence-corrected chi connectivity index (χ3v) is 7.12. The molecule has 0 radical (unpaired) electrons. The molecule has 1 heterocycles. The molecule has 10 nitrogen and oxygen atoms in total. The van der Waals surface area contributed by atoms with Gasteiger partial charge in [0.2, 0.25) is 0 Å². The van der Waals surface area contributed by atoms with E-state index in [0.29, 0.717) is 34.5 Å². The Labute approximate surface area is 250 Å². The van der Waals surface area contributed by atoms with E-state index < -0.39 is 6.10 Å². The second-order valence-electron chi connectivity index (χ2n) is 9.17.